The minimum Gasteiger partial charge on any atom is -0.479 e. The first-order valence-electron chi connectivity index (χ1n) is 4.42. The summed E-state index contributed by atoms with van der Waals surface area (Å²) in [4.78, 5) is 31.7. The van der Waals surface area contributed by atoms with E-state index in [1.54, 1.807) is 6.92 Å². The average molecular weight is 218 g/mol. The van der Waals surface area contributed by atoms with Crippen LogP contribution in [0.3, 0.4) is 0 Å². The van der Waals surface area contributed by atoms with E-state index >= 15 is 0 Å². The zero-order valence-electron chi connectivity index (χ0n) is 8.58. The molecule has 0 aliphatic heterocycles. The average Bonchev–Trinajstić information content (AvgIpc) is 2.24. The predicted molar refractivity (Wildman–Crippen MR) is 49.5 cm³/mol. The van der Waals surface area contributed by atoms with Crippen LogP contribution in [0, 0.1) is 0 Å². The summed E-state index contributed by atoms with van der Waals surface area (Å²) in [7, 11) is 1.19. The molecular formula is C9H14O6. The first-order chi connectivity index (χ1) is 7.10. The highest BCUT2D eigenvalue weighted by Crippen LogP contribution is 2.07. The molecule has 0 aromatic carbocycles. The number of carbonyl (C=O) groups excluding carboxylic acids is 2. The topological polar surface area (TPSA) is 89.9 Å². The molecule has 0 spiro atoms. The van der Waals surface area contributed by atoms with Gasteiger partial charge in [0.05, 0.1) is 0 Å². The molecule has 0 amide bonds. The lowest BCUT2D eigenvalue weighted by atomic mass is 10.2. The highest BCUT2D eigenvalue weighted by Gasteiger charge is 2.31. The van der Waals surface area contributed by atoms with Crippen LogP contribution in [0.2, 0.25) is 0 Å². The zero-order chi connectivity index (χ0) is 11.8. The maximum atomic E-state index is 10.7. The summed E-state index contributed by atoms with van der Waals surface area (Å²) in [5.74, 6) is -1.34. The first-order valence-corrected chi connectivity index (χ1v) is 4.42. The van der Waals surface area contributed by atoms with E-state index in [0.717, 1.165) is 0 Å². The van der Waals surface area contributed by atoms with Gasteiger partial charge in [0, 0.05) is 7.11 Å². The summed E-state index contributed by atoms with van der Waals surface area (Å²) in [6.07, 6.45) is -2.35. The van der Waals surface area contributed by atoms with Crippen molar-refractivity contribution in [1.82, 2.24) is 0 Å². The van der Waals surface area contributed by atoms with Crippen LogP contribution in [-0.4, -0.2) is 49.1 Å². The molecule has 0 saturated carbocycles. The predicted octanol–water partition coefficient (Wildman–Crippen LogP) is -0.352. The number of ether oxygens (including phenoxy) is 2. The van der Waals surface area contributed by atoms with Crippen LogP contribution in [0.4, 0.5) is 0 Å². The molecule has 0 aromatic heterocycles. The van der Waals surface area contributed by atoms with E-state index in [4.69, 9.17) is 9.84 Å². The number of hydrogen-bond acceptors (Lipinski definition) is 5. The Morgan fingerprint density at radius 3 is 2.27 bits per heavy atom. The maximum absolute atomic E-state index is 10.7. The highest BCUT2D eigenvalue weighted by atomic mass is 16.6. The van der Waals surface area contributed by atoms with Crippen molar-refractivity contribution in [3.05, 3.63) is 0 Å². The van der Waals surface area contributed by atoms with E-state index in [2.05, 4.69) is 4.74 Å². The van der Waals surface area contributed by atoms with Crippen LogP contribution >= 0.6 is 0 Å². The van der Waals surface area contributed by atoms with Crippen molar-refractivity contribution in [2.24, 2.45) is 0 Å². The third-order valence-corrected chi connectivity index (χ3v) is 1.82. The van der Waals surface area contributed by atoms with Crippen LogP contribution in [0.25, 0.3) is 0 Å². The third kappa shape index (κ3) is 4.18. The SMILES string of the molecule is CCC(C=O)OC(C(=O)O)C(C=O)OC. The summed E-state index contributed by atoms with van der Waals surface area (Å²) < 4.78 is 9.55. The Bertz CT molecular complexity index is 227. The Kier molecular flexibility index (Phi) is 6.48. The molecule has 6 heteroatoms. The second kappa shape index (κ2) is 7.08. The molecule has 0 aliphatic carbocycles. The largest absolute Gasteiger partial charge is 0.479 e. The molecule has 0 bridgehead atoms. The Morgan fingerprint density at radius 2 is 2.00 bits per heavy atom. The van der Waals surface area contributed by atoms with Gasteiger partial charge in [-0.1, -0.05) is 6.92 Å². The maximum Gasteiger partial charge on any atom is 0.336 e. The van der Waals surface area contributed by atoms with Gasteiger partial charge >= 0.3 is 5.97 Å². The van der Waals surface area contributed by atoms with Gasteiger partial charge in [0.25, 0.3) is 0 Å². The highest BCUT2D eigenvalue weighted by molar-refractivity contribution is 5.78. The van der Waals surface area contributed by atoms with Crippen LogP contribution in [0.15, 0.2) is 0 Å². The molecule has 3 unspecified atom stereocenters. The van der Waals surface area contributed by atoms with Crippen molar-refractivity contribution in [2.45, 2.75) is 31.7 Å². The lowest BCUT2D eigenvalue weighted by Crippen LogP contribution is -2.41. The van der Waals surface area contributed by atoms with Gasteiger partial charge in [-0.2, -0.15) is 0 Å². The number of aldehydes is 2. The molecule has 15 heavy (non-hydrogen) atoms. The second-order valence-corrected chi connectivity index (χ2v) is 2.81. The summed E-state index contributed by atoms with van der Waals surface area (Å²) in [6, 6.07) is 0. The standard InChI is InChI=1S/C9H14O6/c1-3-6(4-10)15-8(9(12)13)7(5-11)14-2/h4-8H,3H2,1-2H3,(H,12,13). The molecule has 3 atom stereocenters. The number of methoxy groups -OCH3 is 1. The molecule has 86 valence electrons. The van der Waals surface area contributed by atoms with E-state index in [1.165, 1.54) is 7.11 Å². The molecule has 0 aliphatic rings. The van der Waals surface area contributed by atoms with Gasteiger partial charge in [0.2, 0.25) is 0 Å². The molecular weight excluding hydrogens is 204 g/mol. The van der Waals surface area contributed by atoms with E-state index in [0.29, 0.717) is 19.0 Å². The lowest BCUT2D eigenvalue weighted by molar-refractivity contribution is -0.168. The van der Waals surface area contributed by atoms with Gasteiger partial charge in [-0.15, -0.1) is 0 Å². The number of aliphatic carboxylic acids is 1. The molecule has 0 heterocycles. The lowest BCUT2D eigenvalue weighted by Gasteiger charge is -2.20. The van der Waals surface area contributed by atoms with E-state index in [1.807, 2.05) is 0 Å². The third-order valence-electron chi connectivity index (χ3n) is 1.82. The van der Waals surface area contributed by atoms with Crippen molar-refractivity contribution < 1.29 is 29.0 Å². The number of hydrogen-bond donors (Lipinski definition) is 1. The van der Waals surface area contributed by atoms with Gasteiger partial charge in [-0.3, -0.25) is 0 Å². The molecule has 1 N–H and O–H groups in total. The molecule has 0 radical (unpaired) electrons. The van der Waals surface area contributed by atoms with Gasteiger partial charge < -0.3 is 24.2 Å². The Morgan fingerprint density at radius 1 is 1.40 bits per heavy atom. The fourth-order valence-corrected chi connectivity index (χ4v) is 0.940. The molecule has 0 saturated heterocycles. The fourth-order valence-electron chi connectivity index (χ4n) is 0.940. The molecule has 0 aromatic rings. The van der Waals surface area contributed by atoms with Crippen LogP contribution < -0.4 is 0 Å². The number of carbonyl (C=O) groups is 3. The number of carboxylic acid groups (broad SMARTS) is 1. The monoisotopic (exact) mass is 218 g/mol. The smallest absolute Gasteiger partial charge is 0.336 e. The fraction of sp³-hybridized carbons (Fsp3) is 0.667. The Labute approximate surface area is 87.2 Å². The van der Waals surface area contributed by atoms with E-state index in [9.17, 15) is 14.4 Å². The van der Waals surface area contributed by atoms with Crippen LogP contribution in [-0.2, 0) is 23.9 Å². The summed E-state index contributed by atoms with van der Waals surface area (Å²) in [5, 5.41) is 8.77. The summed E-state index contributed by atoms with van der Waals surface area (Å²) >= 11 is 0. The molecule has 0 fully saturated rings. The Hall–Kier alpha value is -1.27. The first kappa shape index (κ1) is 13.7. The minimum absolute atomic E-state index is 0.330. The summed E-state index contributed by atoms with van der Waals surface area (Å²) in [5.41, 5.74) is 0. The molecule has 0 rings (SSSR count). The second-order valence-electron chi connectivity index (χ2n) is 2.81. The summed E-state index contributed by atoms with van der Waals surface area (Å²) in [6.45, 7) is 1.67. The van der Waals surface area contributed by atoms with Crippen molar-refractivity contribution in [3.63, 3.8) is 0 Å². The van der Waals surface area contributed by atoms with E-state index < -0.39 is 24.3 Å². The Balaban J connectivity index is 4.58. The van der Waals surface area contributed by atoms with E-state index in [-0.39, 0.29) is 0 Å². The molecule has 6 nitrogen and oxygen atoms in total. The van der Waals surface area contributed by atoms with Crippen LogP contribution in [0.5, 0.6) is 0 Å². The van der Waals surface area contributed by atoms with Gasteiger partial charge in [0.1, 0.15) is 18.5 Å². The zero-order valence-corrected chi connectivity index (χ0v) is 8.58. The van der Waals surface area contributed by atoms with Crippen molar-refractivity contribution in [2.75, 3.05) is 7.11 Å². The minimum atomic E-state index is -1.46. The van der Waals surface area contributed by atoms with Gasteiger partial charge in [-0.25, -0.2) is 4.79 Å². The van der Waals surface area contributed by atoms with Crippen molar-refractivity contribution >= 4 is 18.5 Å². The van der Waals surface area contributed by atoms with Crippen LogP contribution in [0.1, 0.15) is 13.3 Å². The van der Waals surface area contributed by atoms with Gasteiger partial charge in [0.15, 0.2) is 12.4 Å². The van der Waals surface area contributed by atoms with Gasteiger partial charge in [-0.05, 0) is 6.42 Å². The van der Waals surface area contributed by atoms with Crippen molar-refractivity contribution in [3.8, 4) is 0 Å². The number of carboxylic acids is 1. The normalized spacial score (nSPS) is 16.4. The van der Waals surface area contributed by atoms with Crippen molar-refractivity contribution in [1.29, 1.82) is 0 Å². The quantitative estimate of drug-likeness (QED) is 0.560. The number of rotatable bonds is 8.